The van der Waals surface area contributed by atoms with E-state index in [0.29, 0.717) is 25.9 Å². The molecule has 4 heteroatoms. The number of fused-ring (bicyclic) bond motifs is 1. The molecular weight excluding hydrogens is 324 g/mol. The monoisotopic (exact) mass is 348 g/mol. The molecule has 1 heterocycles. The molecule has 2 aliphatic rings. The van der Waals surface area contributed by atoms with Crippen LogP contribution in [-0.4, -0.2) is 30.3 Å². The van der Waals surface area contributed by atoms with Gasteiger partial charge in [-0.05, 0) is 29.5 Å². The molecule has 0 bridgehead atoms. The fourth-order valence-electron chi connectivity index (χ4n) is 4.34. The normalized spacial score (nSPS) is 20.7. The zero-order valence-electron chi connectivity index (χ0n) is 15.1. The maximum Gasteiger partial charge on any atom is 0.238 e. The van der Waals surface area contributed by atoms with Crippen molar-refractivity contribution in [3.63, 3.8) is 0 Å². The van der Waals surface area contributed by atoms with Crippen molar-refractivity contribution in [3.8, 4) is 0 Å². The summed E-state index contributed by atoms with van der Waals surface area (Å²) in [7, 11) is 1.62. The zero-order valence-corrected chi connectivity index (χ0v) is 15.1. The highest BCUT2D eigenvalue weighted by Gasteiger charge is 2.52. The summed E-state index contributed by atoms with van der Waals surface area (Å²) >= 11 is 0. The Morgan fingerprint density at radius 2 is 1.73 bits per heavy atom. The summed E-state index contributed by atoms with van der Waals surface area (Å²) in [5, 5.41) is 2.70. The third-order valence-corrected chi connectivity index (χ3v) is 5.96. The van der Waals surface area contributed by atoms with Crippen LogP contribution in [0.15, 0.2) is 54.6 Å². The second kappa shape index (κ2) is 6.60. The maximum atomic E-state index is 13.4. The highest BCUT2D eigenvalue weighted by Crippen LogP contribution is 2.44. The lowest BCUT2D eigenvalue weighted by atomic mass is 9.66. The number of hydrogen-bond acceptors (Lipinski definition) is 2. The minimum absolute atomic E-state index is 0.0152. The predicted octanol–water partition coefficient (Wildman–Crippen LogP) is 3.08. The van der Waals surface area contributed by atoms with Crippen molar-refractivity contribution in [2.75, 3.05) is 13.6 Å². The van der Waals surface area contributed by atoms with E-state index in [1.54, 1.807) is 7.05 Å². The smallest absolute Gasteiger partial charge is 0.238 e. The van der Waals surface area contributed by atoms with Crippen molar-refractivity contribution in [2.45, 2.75) is 31.7 Å². The van der Waals surface area contributed by atoms with Crippen LogP contribution in [0, 0.1) is 5.41 Å². The Morgan fingerprint density at radius 1 is 1.04 bits per heavy atom. The summed E-state index contributed by atoms with van der Waals surface area (Å²) in [5.41, 5.74) is 2.81. The molecule has 2 aromatic carbocycles. The number of benzene rings is 2. The van der Waals surface area contributed by atoms with Crippen LogP contribution in [0.3, 0.4) is 0 Å². The van der Waals surface area contributed by atoms with E-state index in [-0.39, 0.29) is 17.7 Å². The molecule has 1 saturated carbocycles. The van der Waals surface area contributed by atoms with Crippen LogP contribution in [0.2, 0.25) is 0 Å². The number of carbonyl (C=O) groups excluding carboxylic acids is 2. The van der Waals surface area contributed by atoms with Crippen molar-refractivity contribution in [2.24, 2.45) is 5.41 Å². The summed E-state index contributed by atoms with van der Waals surface area (Å²) in [6, 6.07) is 18.7. The number of amides is 2. The molecule has 0 aromatic heterocycles. The number of nitrogens with one attached hydrogen (secondary N) is 1. The standard InChI is InChI=1S/C22H24N2O2/c1-23-20(25)22(12-7-13-22)21(26)24-14-17-10-5-6-11-18(17)19(15-24)16-8-3-2-4-9-16/h2-6,8-11,19H,7,12-15H2,1H3,(H,23,25)/t19-/m1/s1. The third kappa shape index (κ3) is 2.61. The molecule has 2 amide bonds. The van der Waals surface area contributed by atoms with Crippen LogP contribution in [-0.2, 0) is 16.1 Å². The molecule has 1 aliphatic heterocycles. The van der Waals surface area contributed by atoms with E-state index in [9.17, 15) is 9.59 Å². The predicted molar refractivity (Wildman–Crippen MR) is 100 cm³/mol. The molecule has 26 heavy (non-hydrogen) atoms. The van der Waals surface area contributed by atoms with E-state index in [4.69, 9.17) is 0 Å². The topological polar surface area (TPSA) is 49.4 Å². The average Bonchev–Trinajstić information content (AvgIpc) is 2.66. The summed E-state index contributed by atoms with van der Waals surface area (Å²) in [5.74, 6) is -0.00526. The van der Waals surface area contributed by atoms with E-state index < -0.39 is 5.41 Å². The van der Waals surface area contributed by atoms with Crippen molar-refractivity contribution >= 4 is 11.8 Å². The lowest BCUT2D eigenvalue weighted by Gasteiger charge is -2.44. The lowest BCUT2D eigenvalue weighted by molar-refractivity contribution is -0.157. The third-order valence-electron chi connectivity index (χ3n) is 5.96. The highest BCUT2D eigenvalue weighted by molar-refractivity contribution is 6.06. The molecule has 1 atom stereocenters. The van der Waals surface area contributed by atoms with Gasteiger partial charge in [0.2, 0.25) is 11.8 Å². The Balaban J connectivity index is 1.69. The lowest BCUT2D eigenvalue weighted by Crippen LogP contribution is -2.56. The number of rotatable bonds is 3. The number of carbonyl (C=O) groups is 2. The fraction of sp³-hybridized carbons (Fsp3) is 0.364. The van der Waals surface area contributed by atoms with Crippen LogP contribution < -0.4 is 5.32 Å². The van der Waals surface area contributed by atoms with Gasteiger partial charge < -0.3 is 10.2 Å². The van der Waals surface area contributed by atoms with Gasteiger partial charge in [0.05, 0.1) is 0 Å². The molecule has 134 valence electrons. The first-order chi connectivity index (χ1) is 12.7. The Hall–Kier alpha value is -2.62. The second-order valence-corrected chi connectivity index (χ2v) is 7.36. The minimum Gasteiger partial charge on any atom is -0.358 e. The van der Waals surface area contributed by atoms with Gasteiger partial charge in [-0.15, -0.1) is 0 Å². The summed E-state index contributed by atoms with van der Waals surface area (Å²) in [6.07, 6.45) is 2.24. The number of nitrogens with zero attached hydrogens (tertiary/aromatic N) is 1. The van der Waals surface area contributed by atoms with E-state index in [0.717, 1.165) is 6.42 Å². The van der Waals surface area contributed by atoms with Crippen LogP contribution in [0.4, 0.5) is 0 Å². The Bertz CT molecular complexity index is 827. The van der Waals surface area contributed by atoms with Gasteiger partial charge in [0, 0.05) is 26.1 Å². The van der Waals surface area contributed by atoms with Crippen LogP contribution in [0.5, 0.6) is 0 Å². The van der Waals surface area contributed by atoms with Crippen LogP contribution >= 0.6 is 0 Å². The summed E-state index contributed by atoms with van der Waals surface area (Å²) in [6.45, 7) is 1.20. The van der Waals surface area contributed by atoms with Gasteiger partial charge in [0.1, 0.15) is 5.41 Å². The van der Waals surface area contributed by atoms with Gasteiger partial charge in [-0.3, -0.25) is 9.59 Å². The summed E-state index contributed by atoms with van der Waals surface area (Å²) < 4.78 is 0. The van der Waals surface area contributed by atoms with E-state index >= 15 is 0 Å². The van der Waals surface area contributed by atoms with Gasteiger partial charge >= 0.3 is 0 Å². The SMILES string of the molecule is CNC(=O)C1(C(=O)N2Cc3ccccc3[C@@H](c3ccccc3)C2)CCC1. The van der Waals surface area contributed by atoms with Gasteiger partial charge in [-0.1, -0.05) is 61.0 Å². The van der Waals surface area contributed by atoms with Gasteiger partial charge in [0.25, 0.3) is 0 Å². The fourth-order valence-corrected chi connectivity index (χ4v) is 4.34. The first-order valence-corrected chi connectivity index (χ1v) is 9.30. The molecule has 4 rings (SSSR count). The van der Waals surface area contributed by atoms with Crippen molar-refractivity contribution in [1.29, 1.82) is 0 Å². The van der Waals surface area contributed by atoms with Crippen molar-refractivity contribution in [3.05, 3.63) is 71.3 Å². The molecule has 0 radical (unpaired) electrons. The highest BCUT2D eigenvalue weighted by atomic mass is 16.2. The molecule has 1 aliphatic carbocycles. The van der Waals surface area contributed by atoms with Crippen LogP contribution in [0.1, 0.15) is 41.9 Å². The average molecular weight is 348 g/mol. The minimum atomic E-state index is -0.859. The quantitative estimate of drug-likeness (QED) is 0.867. The van der Waals surface area contributed by atoms with Gasteiger partial charge in [-0.25, -0.2) is 0 Å². The molecule has 1 fully saturated rings. The molecule has 0 spiro atoms. The molecule has 4 nitrogen and oxygen atoms in total. The zero-order chi connectivity index (χ0) is 18.1. The van der Waals surface area contributed by atoms with E-state index in [2.05, 4.69) is 35.6 Å². The largest absolute Gasteiger partial charge is 0.358 e. The van der Waals surface area contributed by atoms with Crippen molar-refractivity contribution in [1.82, 2.24) is 10.2 Å². The Morgan fingerprint density at radius 3 is 2.38 bits per heavy atom. The molecule has 0 saturated heterocycles. The maximum absolute atomic E-state index is 13.4. The first kappa shape index (κ1) is 16.8. The van der Waals surface area contributed by atoms with Crippen molar-refractivity contribution < 1.29 is 9.59 Å². The first-order valence-electron chi connectivity index (χ1n) is 9.30. The molecule has 2 aromatic rings. The van der Waals surface area contributed by atoms with E-state index in [1.807, 2.05) is 29.2 Å². The van der Waals surface area contributed by atoms with Gasteiger partial charge in [0.15, 0.2) is 0 Å². The van der Waals surface area contributed by atoms with Gasteiger partial charge in [-0.2, -0.15) is 0 Å². The van der Waals surface area contributed by atoms with Crippen LogP contribution in [0.25, 0.3) is 0 Å². The Labute approximate surface area is 154 Å². The molecule has 1 N–H and O–H groups in total. The summed E-state index contributed by atoms with van der Waals surface area (Å²) in [4.78, 5) is 27.7. The Kier molecular flexibility index (Phi) is 4.27. The number of hydrogen-bond donors (Lipinski definition) is 1. The molecular formula is C22H24N2O2. The second-order valence-electron chi connectivity index (χ2n) is 7.36. The van der Waals surface area contributed by atoms with E-state index in [1.165, 1.54) is 16.7 Å². The molecule has 0 unspecified atom stereocenters.